The van der Waals surface area contributed by atoms with Crippen LogP contribution in [0.4, 0.5) is 11.4 Å². The molecule has 0 aliphatic carbocycles. The highest BCUT2D eigenvalue weighted by atomic mass is 32.2. The van der Waals surface area contributed by atoms with Crippen molar-refractivity contribution in [2.45, 2.75) is 18.6 Å². The molecule has 0 bridgehead atoms. The highest BCUT2D eigenvalue weighted by molar-refractivity contribution is 8.00. The first-order valence-electron chi connectivity index (χ1n) is 6.41. The fourth-order valence-electron chi connectivity index (χ4n) is 1.98. The number of hydrogen-bond donors (Lipinski definition) is 2. The van der Waals surface area contributed by atoms with Gasteiger partial charge in [-0.1, -0.05) is 6.07 Å². The Morgan fingerprint density at radius 1 is 1.57 bits per heavy atom. The van der Waals surface area contributed by atoms with E-state index < -0.39 is 10.2 Å². The summed E-state index contributed by atoms with van der Waals surface area (Å²) in [6.45, 7) is 2.25. The number of nitrogens with zero attached hydrogens (tertiary/aromatic N) is 1. The van der Waals surface area contributed by atoms with Gasteiger partial charge in [-0.05, 0) is 13.0 Å². The summed E-state index contributed by atoms with van der Waals surface area (Å²) < 4.78 is 0. The van der Waals surface area contributed by atoms with Crippen molar-refractivity contribution in [2.24, 2.45) is 0 Å². The Morgan fingerprint density at radius 3 is 3.00 bits per heavy atom. The molecule has 2 amide bonds. The molecule has 0 aromatic heterocycles. The van der Waals surface area contributed by atoms with Gasteiger partial charge in [0.05, 0.1) is 10.2 Å². The predicted molar refractivity (Wildman–Crippen MR) is 80.3 cm³/mol. The zero-order valence-corrected chi connectivity index (χ0v) is 12.2. The quantitative estimate of drug-likeness (QED) is 0.647. The molecule has 0 radical (unpaired) electrons. The Balaban J connectivity index is 2.01. The zero-order chi connectivity index (χ0) is 15.4. The summed E-state index contributed by atoms with van der Waals surface area (Å²) in [6.07, 6.45) is 0.0537. The van der Waals surface area contributed by atoms with Crippen molar-refractivity contribution < 1.29 is 14.5 Å². The van der Waals surface area contributed by atoms with Gasteiger partial charge in [0, 0.05) is 36.0 Å². The zero-order valence-electron chi connectivity index (χ0n) is 11.4. The number of carbonyl (C=O) groups excluding carboxylic acids is 2. The van der Waals surface area contributed by atoms with Crippen LogP contribution in [-0.4, -0.2) is 34.3 Å². The highest BCUT2D eigenvalue weighted by Gasteiger charge is 2.25. The summed E-state index contributed by atoms with van der Waals surface area (Å²) in [5.41, 5.74) is 0.844. The molecular weight excluding hydrogens is 294 g/mol. The number of carbonyl (C=O) groups is 2. The summed E-state index contributed by atoms with van der Waals surface area (Å²) in [5.74, 6) is 0.304. The lowest BCUT2D eigenvalue weighted by Gasteiger charge is -2.20. The molecule has 2 N–H and O–H groups in total. The summed E-state index contributed by atoms with van der Waals surface area (Å²) in [4.78, 5) is 33.9. The number of nitro groups is 1. The summed E-state index contributed by atoms with van der Waals surface area (Å²) in [7, 11) is 0. The van der Waals surface area contributed by atoms with E-state index in [0.29, 0.717) is 17.8 Å². The molecule has 1 aliphatic heterocycles. The van der Waals surface area contributed by atoms with Crippen molar-refractivity contribution in [1.29, 1.82) is 0 Å². The molecule has 1 atom stereocenters. The van der Waals surface area contributed by atoms with E-state index in [-0.39, 0.29) is 23.9 Å². The monoisotopic (exact) mass is 309 g/mol. The second kappa shape index (κ2) is 6.57. The number of amides is 2. The van der Waals surface area contributed by atoms with Gasteiger partial charge >= 0.3 is 0 Å². The van der Waals surface area contributed by atoms with E-state index in [1.165, 1.54) is 17.8 Å². The second-order valence-electron chi connectivity index (χ2n) is 4.66. The van der Waals surface area contributed by atoms with E-state index >= 15 is 0 Å². The van der Waals surface area contributed by atoms with Crippen molar-refractivity contribution in [3.05, 3.63) is 33.9 Å². The summed E-state index contributed by atoms with van der Waals surface area (Å²) in [6, 6.07) is 4.51. The van der Waals surface area contributed by atoms with Crippen LogP contribution in [0.1, 0.15) is 12.0 Å². The maximum Gasteiger partial charge on any atom is 0.274 e. The molecule has 0 unspecified atom stereocenters. The summed E-state index contributed by atoms with van der Waals surface area (Å²) in [5, 5.41) is 15.8. The fourth-order valence-corrected chi connectivity index (χ4v) is 2.99. The normalized spacial score (nSPS) is 18.0. The lowest BCUT2D eigenvalue weighted by molar-refractivity contribution is -0.385. The Bertz CT molecular complexity index is 591. The Labute approximate surface area is 125 Å². The first kappa shape index (κ1) is 15.3. The van der Waals surface area contributed by atoms with Gasteiger partial charge < -0.3 is 10.6 Å². The predicted octanol–water partition coefficient (Wildman–Crippen LogP) is 1.46. The van der Waals surface area contributed by atoms with Crippen LogP contribution >= 0.6 is 11.8 Å². The maximum atomic E-state index is 11.9. The van der Waals surface area contributed by atoms with Gasteiger partial charge in [-0.15, -0.1) is 11.8 Å². The van der Waals surface area contributed by atoms with Gasteiger partial charge in [0.15, 0.2) is 0 Å². The van der Waals surface area contributed by atoms with E-state index in [2.05, 4.69) is 10.6 Å². The number of nitro benzene ring substituents is 1. The average Bonchev–Trinajstić information content (AvgIpc) is 2.43. The largest absolute Gasteiger partial charge is 0.354 e. The van der Waals surface area contributed by atoms with Crippen molar-refractivity contribution in [1.82, 2.24) is 5.32 Å². The third-order valence-corrected chi connectivity index (χ3v) is 4.30. The molecular formula is C13H15N3O4S. The Hall–Kier alpha value is -2.09. The van der Waals surface area contributed by atoms with E-state index in [9.17, 15) is 19.7 Å². The molecule has 1 saturated heterocycles. The molecule has 112 valence electrons. The van der Waals surface area contributed by atoms with E-state index in [4.69, 9.17) is 0 Å². The smallest absolute Gasteiger partial charge is 0.274 e. The molecule has 1 heterocycles. The van der Waals surface area contributed by atoms with Crippen LogP contribution in [0.25, 0.3) is 0 Å². The van der Waals surface area contributed by atoms with Crippen LogP contribution in [0, 0.1) is 17.0 Å². The van der Waals surface area contributed by atoms with Crippen molar-refractivity contribution in [2.75, 3.05) is 17.6 Å². The number of hydrogen-bond acceptors (Lipinski definition) is 5. The van der Waals surface area contributed by atoms with Crippen LogP contribution < -0.4 is 10.6 Å². The van der Waals surface area contributed by atoms with Crippen molar-refractivity contribution in [3.8, 4) is 0 Å². The molecule has 1 aromatic rings. The summed E-state index contributed by atoms with van der Waals surface area (Å²) >= 11 is 1.44. The van der Waals surface area contributed by atoms with Crippen LogP contribution in [0.5, 0.6) is 0 Å². The number of anilines is 1. The molecule has 7 nitrogen and oxygen atoms in total. The molecule has 8 heteroatoms. The molecule has 21 heavy (non-hydrogen) atoms. The van der Waals surface area contributed by atoms with Crippen molar-refractivity contribution >= 4 is 35.0 Å². The van der Waals surface area contributed by atoms with Gasteiger partial charge in [0.25, 0.3) is 5.69 Å². The first-order chi connectivity index (χ1) is 9.97. The molecule has 0 spiro atoms. The molecule has 1 fully saturated rings. The Morgan fingerprint density at radius 2 is 2.33 bits per heavy atom. The number of rotatable bonds is 4. The van der Waals surface area contributed by atoms with Crippen molar-refractivity contribution in [3.63, 3.8) is 0 Å². The fraction of sp³-hybridized carbons (Fsp3) is 0.385. The number of benzene rings is 1. The van der Waals surface area contributed by atoms with Gasteiger partial charge in [-0.2, -0.15) is 0 Å². The van der Waals surface area contributed by atoms with E-state index in [1.807, 2.05) is 0 Å². The SMILES string of the molecule is Cc1ccc(NC(=O)C[C@H]2SCCNC2=O)cc1[N+](=O)[O-]. The minimum atomic E-state index is -0.491. The maximum absolute atomic E-state index is 11.9. The molecule has 0 saturated carbocycles. The van der Waals surface area contributed by atoms with Gasteiger partial charge in [-0.25, -0.2) is 0 Å². The molecule has 1 aliphatic rings. The number of nitrogens with one attached hydrogen (secondary N) is 2. The van der Waals surface area contributed by atoms with Crippen LogP contribution in [0.3, 0.4) is 0 Å². The minimum Gasteiger partial charge on any atom is -0.354 e. The number of aryl methyl sites for hydroxylation is 1. The van der Waals surface area contributed by atoms with Gasteiger partial charge in [0.2, 0.25) is 11.8 Å². The third kappa shape index (κ3) is 3.94. The van der Waals surface area contributed by atoms with Gasteiger partial charge in [-0.3, -0.25) is 19.7 Å². The Kier molecular flexibility index (Phi) is 4.79. The van der Waals surface area contributed by atoms with Gasteiger partial charge in [0.1, 0.15) is 0 Å². The molecule has 1 aromatic carbocycles. The standard InChI is InChI=1S/C13H15N3O4S/c1-8-2-3-9(6-10(8)16(19)20)15-12(17)7-11-13(18)14-4-5-21-11/h2-3,6,11H,4-5,7H2,1H3,(H,14,18)(H,15,17)/t11-/m1/s1. The first-order valence-corrected chi connectivity index (χ1v) is 7.46. The van der Waals surface area contributed by atoms with Crippen LogP contribution in [-0.2, 0) is 9.59 Å². The van der Waals surface area contributed by atoms with Crippen LogP contribution in [0.2, 0.25) is 0 Å². The average molecular weight is 309 g/mol. The van der Waals surface area contributed by atoms with E-state index in [0.717, 1.165) is 5.75 Å². The minimum absolute atomic E-state index is 0.0439. The van der Waals surface area contributed by atoms with E-state index in [1.54, 1.807) is 19.1 Å². The second-order valence-corrected chi connectivity index (χ2v) is 5.97. The lowest BCUT2D eigenvalue weighted by Crippen LogP contribution is -2.40. The third-order valence-electron chi connectivity index (χ3n) is 3.07. The highest BCUT2D eigenvalue weighted by Crippen LogP contribution is 2.23. The molecule has 2 rings (SSSR count). The topological polar surface area (TPSA) is 101 Å². The number of thioether (sulfide) groups is 1. The lowest BCUT2D eigenvalue weighted by atomic mass is 10.2. The van der Waals surface area contributed by atoms with Crippen LogP contribution in [0.15, 0.2) is 18.2 Å².